The largest absolute Gasteiger partial charge is 0.507 e. The number of nitrogens with zero attached hydrogens (tertiary/aromatic N) is 3. The molecular weight excluding hydrogens is 473 g/mol. The lowest BCUT2D eigenvalue weighted by atomic mass is 9.96. The lowest BCUT2D eigenvalue weighted by Crippen LogP contribution is -2.29. The second kappa shape index (κ2) is 12.7. The van der Waals surface area contributed by atoms with Crippen molar-refractivity contribution in [1.29, 1.82) is 0 Å². The number of aliphatic hydroxyl groups excluding tert-OH is 1. The first-order valence-corrected chi connectivity index (χ1v) is 11.2. The van der Waals surface area contributed by atoms with E-state index in [1.54, 1.807) is 29.4 Å². The molecule has 0 radical (unpaired) electrons. The number of benzene rings is 2. The summed E-state index contributed by atoms with van der Waals surface area (Å²) in [6, 6.07) is 7.05. The third kappa shape index (κ3) is 6.91. The van der Waals surface area contributed by atoms with Crippen molar-refractivity contribution in [2.45, 2.75) is 13.3 Å². The SMILES string of the molecule is CCCN(CO)/C(N)=C/C(=C\N)c1cc(F)cc(-c2ccc(N(C=O)/C=C\N(C)C)c(Cl)c2)c1O. The van der Waals surface area contributed by atoms with E-state index in [1.807, 2.05) is 21.0 Å². The average molecular weight is 504 g/mol. The molecule has 10 heteroatoms. The molecule has 0 heterocycles. The molecule has 0 aromatic heterocycles. The minimum atomic E-state index is -0.615. The predicted octanol–water partition coefficient (Wildman–Crippen LogP) is 3.61. The summed E-state index contributed by atoms with van der Waals surface area (Å²) in [6.45, 7) is 2.13. The van der Waals surface area contributed by atoms with E-state index in [1.165, 1.54) is 34.2 Å². The molecule has 0 spiro atoms. The molecule has 2 aromatic carbocycles. The molecule has 0 saturated carbocycles. The van der Waals surface area contributed by atoms with Crippen molar-refractivity contribution in [3.63, 3.8) is 0 Å². The molecule has 2 aromatic rings. The number of hydrogen-bond acceptors (Lipinski definition) is 7. The van der Waals surface area contributed by atoms with Gasteiger partial charge in [-0.3, -0.25) is 9.69 Å². The van der Waals surface area contributed by atoms with Crippen LogP contribution in [0.5, 0.6) is 5.75 Å². The number of amides is 1. The number of hydrogen-bond donors (Lipinski definition) is 4. The van der Waals surface area contributed by atoms with Gasteiger partial charge in [0.2, 0.25) is 6.41 Å². The van der Waals surface area contributed by atoms with Gasteiger partial charge in [0.05, 0.1) is 10.7 Å². The lowest BCUT2D eigenvalue weighted by molar-refractivity contribution is -0.106. The van der Waals surface area contributed by atoms with Gasteiger partial charge in [0.15, 0.2) is 0 Å². The molecule has 0 aliphatic carbocycles. The van der Waals surface area contributed by atoms with Crippen LogP contribution in [0.25, 0.3) is 16.7 Å². The highest BCUT2D eigenvalue weighted by Gasteiger charge is 2.17. The highest BCUT2D eigenvalue weighted by Crippen LogP contribution is 2.39. The summed E-state index contributed by atoms with van der Waals surface area (Å²) in [5.41, 5.74) is 13.2. The number of carbonyl (C=O) groups excluding carboxylic acids is 1. The summed E-state index contributed by atoms with van der Waals surface area (Å²) in [6.07, 6.45) is 7.24. The number of aliphatic hydroxyl groups is 1. The van der Waals surface area contributed by atoms with Crippen molar-refractivity contribution in [2.24, 2.45) is 11.5 Å². The van der Waals surface area contributed by atoms with E-state index in [0.717, 1.165) is 12.5 Å². The van der Waals surface area contributed by atoms with Crippen LogP contribution >= 0.6 is 11.6 Å². The molecule has 188 valence electrons. The van der Waals surface area contributed by atoms with Crippen LogP contribution in [0.1, 0.15) is 18.9 Å². The number of allylic oxidation sites excluding steroid dienone is 2. The second-order valence-electron chi connectivity index (χ2n) is 7.89. The van der Waals surface area contributed by atoms with E-state index in [9.17, 15) is 19.4 Å². The first kappa shape index (κ1) is 27.6. The number of carbonyl (C=O) groups is 1. The van der Waals surface area contributed by atoms with Gasteiger partial charge >= 0.3 is 0 Å². The molecule has 2 rings (SSSR count). The monoisotopic (exact) mass is 503 g/mol. The lowest BCUT2D eigenvalue weighted by Gasteiger charge is -2.22. The summed E-state index contributed by atoms with van der Waals surface area (Å²) < 4.78 is 14.6. The topological polar surface area (TPSA) is 119 Å². The Kier molecular flexibility index (Phi) is 9.98. The number of nitrogens with two attached hydrogens (primary N) is 2. The second-order valence-corrected chi connectivity index (χ2v) is 8.29. The highest BCUT2D eigenvalue weighted by atomic mass is 35.5. The third-order valence-electron chi connectivity index (χ3n) is 5.07. The van der Waals surface area contributed by atoms with Gasteiger partial charge in [-0.25, -0.2) is 4.39 Å². The van der Waals surface area contributed by atoms with Crippen molar-refractivity contribution in [3.8, 4) is 16.9 Å². The predicted molar refractivity (Wildman–Crippen MR) is 138 cm³/mol. The van der Waals surface area contributed by atoms with Crippen LogP contribution in [0.3, 0.4) is 0 Å². The molecule has 1 amide bonds. The van der Waals surface area contributed by atoms with Crippen molar-refractivity contribution in [3.05, 3.63) is 77.2 Å². The van der Waals surface area contributed by atoms with Crippen molar-refractivity contribution >= 4 is 29.3 Å². The Bertz CT molecular complexity index is 1130. The zero-order valence-corrected chi connectivity index (χ0v) is 20.7. The van der Waals surface area contributed by atoms with Gasteiger partial charge in [-0.1, -0.05) is 24.6 Å². The van der Waals surface area contributed by atoms with Crippen molar-refractivity contribution in [2.75, 3.05) is 32.3 Å². The number of rotatable bonds is 11. The molecule has 35 heavy (non-hydrogen) atoms. The van der Waals surface area contributed by atoms with Crippen molar-refractivity contribution in [1.82, 2.24) is 9.80 Å². The molecule has 0 saturated heterocycles. The molecule has 0 fully saturated rings. The Morgan fingerprint density at radius 1 is 1.20 bits per heavy atom. The molecule has 6 N–H and O–H groups in total. The minimum Gasteiger partial charge on any atom is -0.507 e. The Morgan fingerprint density at radius 3 is 2.46 bits per heavy atom. The van der Waals surface area contributed by atoms with Crippen LogP contribution in [0.4, 0.5) is 10.1 Å². The van der Waals surface area contributed by atoms with Crippen LogP contribution < -0.4 is 16.4 Å². The van der Waals surface area contributed by atoms with Gasteiger partial charge in [-0.15, -0.1) is 0 Å². The number of phenols is 1. The molecule has 0 unspecified atom stereocenters. The molecule has 0 aliphatic heterocycles. The molecule has 0 bridgehead atoms. The average Bonchev–Trinajstić information content (AvgIpc) is 2.83. The maximum absolute atomic E-state index is 14.6. The first-order chi connectivity index (χ1) is 16.7. The first-order valence-electron chi connectivity index (χ1n) is 10.8. The summed E-state index contributed by atoms with van der Waals surface area (Å²) >= 11 is 6.43. The Hall–Kier alpha value is -3.69. The fourth-order valence-corrected chi connectivity index (χ4v) is 3.60. The molecular formula is C25H31ClFN5O3. The number of phenolic OH excluding ortho intramolecular Hbond substituents is 1. The fraction of sp³-hybridized carbons (Fsp3) is 0.240. The van der Waals surface area contributed by atoms with E-state index in [-0.39, 0.29) is 40.0 Å². The van der Waals surface area contributed by atoms with E-state index in [4.69, 9.17) is 23.1 Å². The van der Waals surface area contributed by atoms with Gasteiger partial charge in [-0.05, 0) is 42.3 Å². The normalized spacial score (nSPS) is 12.2. The number of aromatic hydroxyl groups is 1. The quantitative estimate of drug-likeness (QED) is 0.210. The van der Waals surface area contributed by atoms with Crippen LogP contribution in [0.15, 0.2) is 60.8 Å². The number of halogens is 2. The van der Waals surface area contributed by atoms with Crippen LogP contribution in [0, 0.1) is 5.82 Å². The van der Waals surface area contributed by atoms with Gasteiger partial charge in [0.25, 0.3) is 0 Å². The van der Waals surface area contributed by atoms with Gasteiger partial charge in [0, 0.05) is 55.9 Å². The fourth-order valence-electron chi connectivity index (χ4n) is 3.32. The summed E-state index contributed by atoms with van der Waals surface area (Å²) in [5.74, 6) is -0.638. The van der Waals surface area contributed by atoms with Gasteiger partial charge < -0.3 is 31.5 Å². The minimum absolute atomic E-state index is 0.114. The smallest absolute Gasteiger partial charge is 0.218 e. The summed E-state index contributed by atoms with van der Waals surface area (Å²) in [7, 11) is 3.62. The number of anilines is 1. The van der Waals surface area contributed by atoms with E-state index in [0.29, 0.717) is 24.2 Å². The Labute approximate surface area is 209 Å². The Morgan fingerprint density at radius 2 is 1.91 bits per heavy atom. The standard InChI is InChI=1S/C25H31ClFN5O3/c1-4-7-32(16-34)24(29)11-18(14-28)21-13-19(27)12-20(25(21)35)17-5-6-23(22(26)10-17)31(15-33)9-8-30(2)3/h5-6,8-15,34-35H,4,7,16,28-29H2,1-3H3/b9-8-,18-14+,24-11+. The highest BCUT2D eigenvalue weighted by molar-refractivity contribution is 6.34. The van der Waals surface area contributed by atoms with Crippen molar-refractivity contribution < 1.29 is 19.4 Å². The maximum Gasteiger partial charge on any atom is 0.218 e. The van der Waals surface area contributed by atoms with E-state index >= 15 is 0 Å². The van der Waals surface area contributed by atoms with E-state index in [2.05, 4.69) is 0 Å². The zero-order valence-electron chi connectivity index (χ0n) is 19.9. The van der Waals surface area contributed by atoms with Crippen LogP contribution in [-0.2, 0) is 4.79 Å². The Balaban J connectivity index is 2.53. The molecule has 0 atom stereocenters. The van der Waals surface area contributed by atoms with E-state index < -0.39 is 5.82 Å². The van der Waals surface area contributed by atoms with Gasteiger partial charge in [-0.2, -0.15) is 0 Å². The van der Waals surface area contributed by atoms with Crippen LogP contribution in [0.2, 0.25) is 5.02 Å². The summed E-state index contributed by atoms with van der Waals surface area (Å²) in [5, 5.41) is 20.8. The molecule has 8 nitrogen and oxygen atoms in total. The summed E-state index contributed by atoms with van der Waals surface area (Å²) in [4.78, 5) is 16.1. The zero-order chi connectivity index (χ0) is 26.1. The maximum atomic E-state index is 14.6. The van der Waals surface area contributed by atoms with Gasteiger partial charge in [0.1, 0.15) is 24.1 Å². The molecule has 0 aliphatic rings. The van der Waals surface area contributed by atoms with Crippen LogP contribution in [-0.4, -0.2) is 53.8 Å². The third-order valence-corrected chi connectivity index (χ3v) is 5.38.